The molecule has 0 saturated carbocycles. The van der Waals surface area contributed by atoms with Gasteiger partial charge in [0.25, 0.3) is 0 Å². The third kappa shape index (κ3) is 5.51. The predicted molar refractivity (Wildman–Crippen MR) is 119 cm³/mol. The second-order valence-corrected chi connectivity index (χ2v) is 7.19. The summed E-state index contributed by atoms with van der Waals surface area (Å²) in [6.45, 7) is 6.75. The topological polar surface area (TPSA) is 56.5 Å². The molecule has 3 aromatic heterocycles. The summed E-state index contributed by atoms with van der Waals surface area (Å²) in [5.74, 6) is 1.61. The van der Waals surface area contributed by atoms with Crippen LogP contribution in [0.1, 0.15) is 30.5 Å². The Morgan fingerprint density at radius 2 is 1.69 bits per heavy atom. The summed E-state index contributed by atoms with van der Waals surface area (Å²) in [4.78, 5) is 8.67. The lowest BCUT2D eigenvalue weighted by Crippen LogP contribution is -2.05. The maximum atomic E-state index is 4.44. The lowest BCUT2D eigenvalue weighted by Gasteiger charge is -2.10. The van der Waals surface area contributed by atoms with Crippen LogP contribution in [-0.4, -0.2) is 24.7 Å². The van der Waals surface area contributed by atoms with Crippen molar-refractivity contribution in [3.63, 3.8) is 0 Å². The summed E-state index contributed by atoms with van der Waals surface area (Å²) in [6, 6.07) is 18.4. The number of hydrogen-bond acceptors (Lipinski definition) is 5. The van der Waals surface area contributed by atoms with Gasteiger partial charge in [-0.25, -0.2) is 0 Å². The van der Waals surface area contributed by atoms with Gasteiger partial charge in [0.2, 0.25) is 0 Å². The molecule has 0 atom stereocenters. The summed E-state index contributed by atoms with van der Waals surface area (Å²) in [6.07, 6.45) is 5.43. The zero-order valence-electron chi connectivity index (χ0n) is 17.0. The van der Waals surface area contributed by atoms with Crippen LogP contribution in [0.25, 0.3) is 11.5 Å². The first-order valence-corrected chi connectivity index (χ1v) is 10.7. The molecule has 0 N–H and O–H groups in total. The van der Waals surface area contributed by atoms with E-state index in [2.05, 4.69) is 62.0 Å². The molecule has 6 heteroatoms. The van der Waals surface area contributed by atoms with E-state index >= 15 is 0 Å². The molecule has 1 aromatic carbocycles. The SMILES string of the molecule is CC.Cc1ccc(CSc2nnc(-c3ccccn3)n2Cc2cccnc2)cc1. The van der Waals surface area contributed by atoms with Crippen LogP contribution in [0, 0.1) is 6.92 Å². The van der Waals surface area contributed by atoms with Crippen LogP contribution in [0.15, 0.2) is 78.3 Å². The van der Waals surface area contributed by atoms with Gasteiger partial charge in [-0.05, 0) is 36.2 Å². The normalized spacial score (nSPS) is 10.3. The van der Waals surface area contributed by atoms with Gasteiger partial charge < -0.3 is 0 Å². The van der Waals surface area contributed by atoms with Crippen LogP contribution >= 0.6 is 11.8 Å². The number of rotatable bonds is 6. The highest BCUT2D eigenvalue weighted by atomic mass is 32.2. The molecular weight excluding hydrogens is 378 g/mol. The van der Waals surface area contributed by atoms with Crippen LogP contribution < -0.4 is 0 Å². The molecule has 0 aliphatic heterocycles. The Kier molecular flexibility index (Phi) is 7.53. The van der Waals surface area contributed by atoms with E-state index in [1.165, 1.54) is 11.1 Å². The number of nitrogens with zero attached hydrogens (tertiary/aromatic N) is 5. The Morgan fingerprint density at radius 3 is 2.38 bits per heavy atom. The van der Waals surface area contributed by atoms with E-state index in [9.17, 15) is 0 Å². The van der Waals surface area contributed by atoms with Crippen molar-refractivity contribution in [1.29, 1.82) is 0 Å². The van der Waals surface area contributed by atoms with Gasteiger partial charge in [-0.1, -0.05) is 67.6 Å². The highest BCUT2D eigenvalue weighted by Gasteiger charge is 2.16. The molecule has 148 valence electrons. The smallest absolute Gasteiger partial charge is 0.192 e. The van der Waals surface area contributed by atoms with Crippen molar-refractivity contribution in [1.82, 2.24) is 24.7 Å². The zero-order valence-corrected chi connectivity index (χ0v) is 17.8. The number of thioether (sulfide) groups is 1. The predicted octanol–water partition coefficient (Wildman–Crippen LogP) is 5.41. The molecule has 4 rings (SSSR count). The largest absolute Gasteiger partial charge is 0.296 e. The van der Waals surface area contributed by atoms with Crippen molar-refractivity contribution < 1.29 is 0 Å². The van der Waals surface area contributed by atoms with Crippen molar-refractivity contribution >= 4 is 11.8 Å². The van der Waals surface area contributed by atoms with Gasteiger partial charge in [-0.2, -0.15) is 0 Å². The van der Waals surface area contributed by atoms with Crippen LogP contribution in [-0.2, 0) is 12.3 Å². The molecule has 4 aromatic rings. The quantitative estimate of drug-likeness (QED) is 0.403. The standard InChI is InChI=1S/C21H19N5S.C2H6/c1-16-7-9-17(10-8-16)15-27-21-25-24-20(19-6-2-3-12-23-19)26(21)14-18-5-4-11-22-13-18;1-2/h2-13H,14-15H2,1H3;1-2H3. The molecule has 29 heavy (non-hydrogen) atoms. The summed E-state index contributed by atoms with van der Waals surface area (Å²) in [5, 5.41) is 9.73. The summed E-state index contributed by atoms with van der Waals surface area (Å²) in [7, 11) is 0. The summed E-state index contributed by atoms with van der Waals surface area (Å²) < 4.78 is 2.11. The van der Waals surface area contributed by atoms with Gasteiger partial charge in [-0.3, -0.25) is 14.5 Å². The fraction of sp³-hybridized carbons (Fsp3) is 0.217. The summed E-state index contributed by atoms with van der Waals surface area (Å²) in [5.41, 5.74) is 4.45. The van der Waals surface area contributed by atoms with Crippen LogP contribution in [0.3, 0.4) is 0 Å². The Bertz CT molecular complexity index is 999. The first-order valence-electron chi connectivity index (χ1n) is 9.71. The lowest BCUT2D eigenvalue weighted by molar-refractivity contribution is 0.711. The van der Waals surface area contributed by atoms with Crippen molar-refractivity contribution in [2.24, 2.45) is 0 Å². The Morgan fingerprint density at radius 1 is 0.862 bits per heavy atom. The van der Waals surface area contributed by atoms with Crippen LogP contribution in [0.5, 0.6) is 0 Å². The molecule has 0 radical (unpaired) electrons. The van der Waals surface area contributed by atoms with Gasteiger partial charge in [0.05, 0.1) is 6.54 Å². The minimum Gasteiger partial charge on any atom is -0.296 e. The first-order chi connectivity index (χ1) is 14.3. The van der Waals surface area contributed by atoms with E-state index in [4.69, 9.17) is 0 Å². The van der Waals surface area contributed by atoms with E-state index in [1.54, 1.807) is 24.2 Å². The Balaban J connectivity index is 0.00000117. The number of pyridine rings is 2. The molecule has 0 amide bonds. The molecular formula is C23H25N5S. The highest BCUT2D eigenvalue weighted by Crippen LogP contribution is 2.26. The number of hydrogen-bond donors (Lipinski definition) is 0. The molecule has 0 bridgehead atoms. The molecule has 0 fully saturated rings. The van der Waals surface area contributed by atoms with E-state index in [0.717, 1.165) is 28.0 Å². The van der Waals surface area contributed by atoms with Crippen molar-refractivity contribution in [3.8, 4) is 11.5 Å². The van der Waals surface area contributed by atoms with Gasteiger partial charge in [-0.15, -0.1) is 10.2 Å². The van der Waals surface area contributed by atoms with Gasteiger partial charge in [0.1, 0.15) is 5.69 Å². The molecule has 0 saturated heterocycles. The van der Waals surface area contributed by atoms with Crippen molar-refractivity contribution in [2.45, 2.75) is 38.2 Å². The number of aryl methyl sites for hydroxylation is 1. The minimum absolute atomic E-state index is 0.656. The van der Waals surface area contributed by atoms with E-state index < -0.39 is 0 Å². The highest BCUT2D eigenvalue weighted by molar-refractivity contribution is 7.98. The molecule has 0 aliphatic carbocycles. The molecule has 5 nitrogen and oxygen atoms in total. The molecule has 0 aliphatic rings. The van der Waals surface area contributed by atoms with Gasteiger partial charge in [0.15, 0.2) is 11.0 Å². The van der Waals surface area contributed by atoms with Gasteiger partial charge >= 0.3 is 0 Å². The zero-order chi connectivity index (χ0) is 20.5. The molecule has 3 heterocycles. The lowest BCUT2D eigenvalue weighted by atomic mass is 10.2. The summed E-state index contributed by atoms with van der Waals surface area (Å²) >= 11 is 1.68. The fourth-order valence-electron chi connectivity index (χ4n) is 2.73. The maximum Gasteiger partial charge on any atom is 0.192 e. The maximum absolute atomic E-state index is 4.44. The van der Waals surface area contributed by atoms with Gasteiger partial charge in [0, 0.05) is 24.3 Å². The van der Waals surface area contributed by atoms with E-state index in [0.29, 0.717) is 6.54 Å². The number of benzene rings is 1. The Labute approximate surface area is 176 Å². The monoisotopic (exact) mass is 403 g/mol. The average Bonchev–Trinajstić information content (AvgIpc) is 3.18. The van der Waals surface area contributed by atoms with E-state index in [1.807, 2.05) is 44.3 Å². The molecule has 0 unspecified atom stereocenters. The first kappa shape index (κ1) is 20.7. The third-order valence-corrected chi connectivity index (χ3v) is 5.20. The van der Waals surface area contributed by atoms with Crippen molar-refractivity contribution in [2.75, 3.05) is 0 Å². The van der Waals surface area contributed by atoms with E-state index in [-0.39, 0.29) is 0 Å². The van der Waals surface area contributed by atoms with Crippen LogP contribution in [0.2, 0.25) is 0 Å². The second-order valence-electron chi connectivity index (χ2n) is 6.24. The third-order valence-electron chi connectivity index (χ3n) is 4.16. The number of aromatic nitrogens is 5. The Hall–Kier alpha value is -2.99. The molecule has 0 spiro atoms. The second kappa shape index (κ2) is 10.5. The van der Waals surface area contributed by atoms with Crippen molar-refractivity contribution in [3.05, 3.63) is 89.9 Å². The average molecular weight is 404 g/mol. The fourth-order valence-corrected chi connectivity index (χ4v) is 3.62. The minimum atomic E-state index is 0.656. The van der Waals surface area contributed by atoms with Crippen LogP contribution in [0.4, 0.5) is 0 Å².